The Morgan fingerprint density at radius 1 is 1.31 bits per heavy atom. The van der Waals surface area contributed by atoms with Gasteiger partial charge in [0.2, 0.25) is 5.69 Å². The maximum absolute atomic E-state index is 9.76. The number of nitrogens with zero attached hydrogens (tertiary/aromatic N) is 4. The zero-order valence-corrected chi connectivity index (χ0v) is 16.5. The van der Waals surface area contributed by atoms with Crippen LogP contribution in [0.2, 0.25) is 0 Å². The smallest absolute Gasteiger partial charge is 0.253 e. The summed E-state index contributed by atoms with van der Waals surface area (Å²) in [6, 6.07) is 3.66. The van der Waals surface area contributed by atoms with Crippen LogP contribution in [-0.2, 0) is 0 Å². The van der Waals surface area contributed by atoms with Gasteiger partial charge in [0.1, 0.15) is 29.3 Å². The molecule has 1 aliphatic heterocycles. The number of hydrogen-bond donors (Lipinski definition) is 3. The third-order valence-electron chi connectivity index (χ3n) is 3.98. The second kappa shape index (κ2) is 8.74. The number of nitrogens with one attached hydrogen (secondary N) is 2. The number of rotatable bonds is 5. The van der Waals surface area contributed by atoms with Crippen molar-refractivity contribution < 1.29 is 14.6 Å². The molecule has 0 spiro atoms. The topological polar surface area (TPSA) is 125 Å². The predicted molar refractivity (Wildman–Crippen MR) is 106 cm³/mol. The van der Waals surface area contributed by atoms with E-state index in [1.807, 2.05) is 6.07 Å². The van der Waals surface area contributed by atoms with Crippen molar-refractivity contribution in [1.29, 1.82) is 5.26 Å². The minimum Gasteiger partial charge on any atom is -0.495 e. The summed E-state index contributed by atoms with van der Waals surface area (Å²) >= 11 is 0. The highest BCUT2D eigenvalue weighted by molar-refractivity contribution is 5.58. The normalized spacial score (nSPS) is 15.8. The van der Waals surface area contributed by atoms with Gasteiger partial charge in [-0.1, -0.05) is 11.8 Å². The summed E-state index contributed by atoms with van der Waals surface area (Å²) in [5.74, 6) is 7.11. The van der Waals surface area contributed by atoms with E-state index in [9.17, 15) is 10.4 Å². The highest BCUT2D eigenvalue weighted by Crippen LogP contribution is 2.24. The number of aromatic nitrogens is 3. The molecule has 2 aromatic heterocycles. The van der Waals surface area contributed by atoms with Gasteiger partial charge in [-0.3, -0.25) is 0 Å². The molecule has 9 nitrogen and oxygen atoms in total. The van der Waals surface area contributed by atoms with E-state index in [0.717, 1.165) is 13.0 Å². The Morgan fingerprint density at radius 3 is 2.79 bits per heavy atom. The summed E-state index contributed by atoms with van der Waals surface area (Å²) in [5, 5.41) is 25.2. The quantitative estimate of drug-likeness (QED) is 0.644. The summed E-state index contributed by atoms with van der Waals surface area (Å²) in [4.78, 5) is 12.8. The second-order valence-electron chi connectivity index (χ2n) is 6.96. The van der Waals surface area contributed by atoms with E-state index < -0.39 is 5.60 Å². The van der Waals surface area contributed by atoms with E-state index in [4.69, 9.17) is 9.47 Å². The van der Waals surface area contributed by atoms with E-state index >= 15 is 0 Å². The lowest BCUT2D eigenvalue weighted by Gasteiger charge is -2.13. The SMILES string of the molecule is COc1cc(Nc2cnc(C#N)c(OC3CCNC3)n2)ncc1C#CC(C)(C)O. The molecule has 0 aliphatic carbocycles. The van der Waals surface area contributed by atoms with Crippen molar-refractivity contribution in [2.75, 3.05) is 25.5 Å². The van der Waals surface area contributed by atoms with Gasteiger partial charge in [0.25, 0.3) is 5.88 Å². The van der Waals surface area contributed by atoms with Crippen LogP contribution in [0.5, 0.6) is 11.6 Å². The first-order valence-corrected chi connectivity index (χ1v) is 9.09. The van der Waals surface area contributed by atoms with Gasteiger partial charge in [-0.05, 0) is 26.8 Å². The fraction of sp³-hybridized carbons (Fsp3) is 0.400. The minimum absolute atomic E-state index is 0.0431. The van der Waals surface area contributed by atoms with Gasteiger partial charge < -0.3 is 25.2 Å². The number of anilines is 2. The van der Waals surface area contributed by atoms with E-state index in [-0.39, 0.29) is 17.7 Å². The van der Waals surface area contributed by atoms with Crippen molar-refractivity contribution in [3.05, 3.63) is 29.7 Å². The Kier molecular flexibility index (Phi) is 6.13. The molecule has 1 unspecified atom stereocenters. The number of aliphatic hydroxyl groups is 1. The molecule has 1 aliphatic rings. The first-order valence-electron chi connectivity index (χ1n) is 9.09. The molecule has 29 heavy (non-hydrogen) atoms. The predicted octanol–water partition coefficient (Wildman–Crippen LogP) is 1.36. The van der Waals surface area contributed by atoms with Crippen LogP contribution in [0.4, 0.5) is 11.6 Å². The zero-order chi connectivity index (χ0) is 20.9. The minimum atomic E-state index is -1.12. The Labute approximate surface area is 169 Å². The summed E-state index contributed by atoms with van der Waals surface area (Å²) in [6.07, 6.45) is 3.78. The lowest BCUT2D eigenvalue weighted by molar-refractivity contribution is 0.143. The van der Waals surface area contributed by atoms with Gasteiger partial charge in [-0.15, -0.1) is 0 Å². The Balaban J connectivity index is 1.81. The van der Waals surface area contributed by atoms with Gasteiger partial charge in [0.15, 0.2) is 5.82 Å². The van der Waals surface area contributed by atoms with E-state index in [1.165, 1.54) is 13.3 Å². The molecule has 1 saturated heterocycles. The highest BCUT2D eigenvalue weighted by Gasteiger charge is 2.19. The summed E-state index contributed by atoms with van der Waals surface area (Å²) < 4.78 is 11.2. The molecule has 0 aromatic carbocycles. The van der Waals surface area contributed by atoms with Crippen molar-refractivity contribution in [2.45, 2.75) is 32.0 Å². The van der Waals surface area contributed by atoms with Crippen molar-refractivity contribution in [2.24, 2.45) is 0 Å². The van der Waals surface area contributed by atoms with Crippen molar-refractivity contribution in [3.8, 4) is 29.5 Å². The molecule has 150 valence electrons. The van der Waals surface area contributed by atoms with Crippen molar-refractivity contribution >= 4 is 11.6 Å². The summed E-state index contributed by atoms with van der Waals surface area (Å²) in [7, 11) is 1.53. The Morgan fingerprint density at radius 2 is 2.14 bits per heavy atom. The molecule has 3 N–H and O–H groups in total. The Bertz CT molecular complexity index is 978. The molecule has 1 fully saturated rings. The van der Waals surface area contributed by atoms with Crippen LogP contribution in [0.3, 0.4) is 0 Å². The van der Waals surface area contributed by atoms with E-state index in [0.29, 0.717) is 29.5 Å². The molecule has 0 bridgehead atoms. The second-order valence-corrected chi connectivity index (χ2v) is 6.96. The molecular weight excluding hydrogens is 372 g/mol. The van der Waals surface area contributed by atoms with Crippen LogP contribution in [0.1, 0.15) is 31.5 Å². The average molecular weight is 394 g/mol. The summed E-state index contributed by atoms with van der Waals surface area (Å²) in [5.41, 5.74) is -0.445. The van der Waals surface area contributed by atoms with Crippen LogP contribution < -0.4 is 20.1 Å². The molecule has 1 atom stereocenters. The number of pyridine rings is 1. The third kappa shape index (κ3) is 5.55. The largest absolute Gasteiger partial charge is 0.495 e. The highest BCUT2D eigenvalue weighted by atomic mass is 16.5. The number of ether oxygens (including phenoxy) is 2. The monoisotopic (exact) mass is 394 g/mol. The van der Waals surface area contributed by atoms with Gasteiger partial charge in [0.05, 0.1) is 18.9 Å². The fourth-order valence-electron chi connectivity index (χ4n) is 2.60. The third-order valence-corrected chi connectivity index (χ3v) is 3.98. The van der Waals surface area contributed by atoms with Crippen LogP contribution in [0, 0.1) is 23.2 Å². The standard InChI is InChI=1S/C20H22N6O3/c1-20(2,27)6-4-13-10-24-17(8-16(13)28-3)25-18-12-23-15(9-21)19(26-18)29-14-5-7-22-11-14/h8,10,12,14,22,27H,5,7,11H2,1-3H3,(H,24,25,26). The lowest BCUT2D eigenvalue weighted by Crippen LogP contribution is -2.21. The average Bonchev–Trinajstić information content (AvgIpc) is 3.19. The summed E-state index contributed by atoms with van der Waals surface area (Å²) in [6.45, 7) is 4.77. The molecule has 0 amide bonds. The molecule has 3 rings (SSSR count). The van der Waals surface area contributed by atoms with E-state index in [1.54, 1.807) is 26.1 Å². The molecule has 3 heterocycles. The van der Waals surface area contributed by atoms with Crippen molar-refractivity contribution in [3.63, 3.8) is 0 Å². The fourth-order valence-corrected chi connectivity index (χ4v) is 2.60. The molecular formula is C20H22N6O3. The van der Waals surface area contributed by atoms with Crippen LogP contribution in [-0.4, -0.2) is 52.0 Å². The first kappa shape index (κ1) is 20.3. The molecule has 2 aromatic rings. The van der Waals surface area contributed by atoms with Crippen LogP contribution in [0.15, 0.2) is 18.5 Å². The zero-order valence-electron chi connectivity index (χ0n) is 16.5. The maximum atomic E-state index is 9.76. The number of nitriles is 1. The number of hydrogen-bond acceptors (Lipinski definition) is 9. The van der Waals surface area contributed by atoms with Gasteiger partial charge in [-0.25, -0.2) is 9.97 Å². The van der Waals surface area contributed by atoms with Gasteiger partial charge in [-0.2, -0.15) is 10.2 Å². The molecule has 9 heteroatoms. The first-order chi connectivity index (χ1) is 13.9. The maximum Gasteiger partial charge on any atom is 0.253 e. The van der Waals surface area contributed by atoms with Gasteiger partial charge >= 0.3 is 0 Å². The molecule has 0 saturated carbocycles. The van der Waals surface area contributed by atoms with Crippen LogP contribution >= 0.6 is 0 Å². The number of methoxy groups -OCH3 is 1. The van der Waals surface area contributed by atoms with Crippen molar-refractivity contribution in [1.82, 2.24) is 20.3 Å². The van der Waals surface area contributed by atoms with E-state index in [2.05, 4.69) is 37.4 Å². The molecule has 0 radical (unpaired) electrons. The van der Waals surface area contributed by atoms with Crippen LogP contribution in [0.25, 0.3) is 0 Å². The Hall–Kier alpha value is -3.40. The van der Waals surface area contributed by atoms with Gasteiger partial charge in [0, 0.05) is 18.8 Å². The lowest BCUT2D eigenvalue weighted by atomic mass is 10.1.